The van der Waals surface area contributed by atoms with Crippen LogP contribution in [0.3, 0.4) is 0 Å². The molecule has 148 valence electrons. The smallest absolute Gasteiger partial charge is 0.272 e. The lowest BCUT2D eigenvalue weighted by molar-refractivity contribution is -0.110. The van der Waals surface area contributed by atoms with Gasteiger partial charge < -0.3 is 10.0 Å². The maximum Gasteiger partial charge on any atom is 0.272 e. The van der Waals surface area contributed by atoms with Crippen LogP contribution < -0.4 is 0 Å². The second-order valence-corrected chi connectivity index (χ2v) is 8.24. The number of rotatable bonds is 2. The summed E-state index contributed by atoms with van der Waals surface area (Å²) < 4.78 is 0. The summed E-state index contributed by atoms with van der Waals surface area (Å²) in [5.41, 5.74) is 1.13. The van der Waals surface area contributed by atoms with Crippen LogP contribution >= 0.6 is 0 Å². The average molecular weight is 387 g/mol. The molecule has 3 aromatic rings. The molecule has 1 N–H and O–H groups in total. The van der Waals surface area contributed by atoms with E-state index >= 15 is 0 Å². The van der Waals surface area contributed by atoms with E-state index in [2.05, 4.69) is 9.97 Å². The number of hydrogen-bond acceptors (Lipinski definition) is 4. The fourth-order valence-corrected chi connectivity index (χ4v) is 5.24. The average Bonchev–Trinajstić information content (AvgIpc) is 2.79. The number of carbonyl (C=O) groups excluding carboxylic acids is 1. The van der Waals surface area contributed by atoms with Crippen molar-refractivity contribution in [2.75, 3.05) is 6.54 Å². The Hall–Kier alpha value is -2.79. The number of pyridine rings is 2. The predicted octanol–water partition coefficient (Wildman–Crippen LogP) is 3.92. The van der Waals surface area contributed by atoms with E-state index in [-0.39, 0.29) is 17.9 Å². The molecule has 1 aliphatic carbocycles. The van der Waals surface area contributed by atoms with Crippen molar-refractivity contribution in [1.82, 2.24) is 14.9 Å². The Labute approximate surface area is 170 Å². The Kier molecular flexibility index (Phi) is 4.55. The summed E-state index contributed by atoms with van der Waals surface area (Å²) >= 11 is 0. The number of amides is 1. The molecule has 5 nitrogen and oxygen atoms in total. The van der Waals surface area contributed by atoms with Crippen molar-refractivity contribution in [2.45, 2.75) is 43.7 Å². The fourth-order valence-electron chi connectivity index (χ4n) is 5.24. The highest BCUT2D eigenvalue weighted by Crippen LogP contribution is 2.47. The molecule has 3 atom stereocenters. The predicted molar refractivity (Wildman–Crippen MR) is 111 cm³/mol. The van der Waals surface area contributed by atoms with Gasteiger partial charge in [-0.1, -0.05) is 43.2 Å². The molecule has 0 unspecified atom stereocenters. The van der Waals surface area contributed by atoms with Crippen LogP contribution in [-0.2, 0) is 5.60 Å². The summed E-state index contributed by atoms with van der Waals surface area (Å²) in [6.45, 7) is 0.535. The molecule has 3 heterocycles. The van der Waals surface area contributed by atoms with Crippen LogP contribution in [0.15, 0.2) is 60.8 Å². The molecule has 2 aliphatic rings. The highest BCUT2D eigenvalue weighted by molar-refractivity contribution is 5.94. The molecule has 1 aliphatic heterocycles. The van der Waals surface area contributed by atoms with E-state index in [0.717, 1.165) is 36.6 Å². The highest BCUT2D eigenvalue weighted by atomic mass is 16.3. The molecule has 1 saturated carbocycles. The van der Waals surface area contributed by atoms with Gasteiger partial charge in [-0.2, -0.15) is 0 Å². The SMILES string of the molecule is O=C(c1ccc2cccnc2n1)N1CC[C@](O)(c2ccccc2)[C@H]2CCCC[C@H]21. The molecule has 0 radical (unpaired) electrons. The Morgan fingerprint density at radius 2 is 1.86 bits per heavy atom. The highest BCUT2D eigenvalue weighted by Gasteiger charge is 2.50. The Bertz CT molecular complexity index is 1040. The number of benzene rings is 1. The van der Waals surface area contributed by atoms with Crippen molar-refractivity contribution in [3.8, 4) is 0 Å². The van der Waals surface area contributed by atoms with Crippen molar-refractivity contribution in [3.05, 3.63) is 72.1 Å². The molecular formula is C24H25N3O2. The first-order chi connectivity index (χ1) is 14.2. The first kappa shape index (κ1) is 18.3. The van der Waals surface area contributed by atoms with Gasteiger partial charge in [0.15, 0.2) is 5.65 Å². The second-order valence-electron chi connectivity index (χ2n) is 8.24. The molecule has 2 fully saturated rings. The van der Waals surface area contributed by atoms with Gasteiger partial charge in [-0.25, -0.2) is 9.97 Å². The lowest BCUT2D eigenvalue weighted by Crippen LogP contribution is -2.59. The van der Waals surface area contributed by atoms with Crippen LogP contribution in [0.5, 0.6) is 0 Å². The number of aliphatic hydroxyl groups is 1. The van der Waals surface area contributed by atoms with Gasteiger partial charge >= 0.3 is 0 Å². The van der Waals surface area contributed by atoms with Gasteiger partial charge in [-0.05, 0) is 49.1 Å². The zero-order valence-electron chi connectivity index (χ0n) is 16.4. The van der Waals surface area contributed by atoms with E-state index in [9.17, 15) is 9.90 Å². The molecular weight excluding hydrogens is 362 g/mol. The van der Waals surface area contributed by atoms with Gasteiger partial charge in [0.2, 0.25) is 0 Å². The molecule has 29 heavy (non-hydrogen) atoms. The third-order valence-electron chi connectivity index (χ3n) is 6.69. The monoisotopic (exact) mass is 387 g/mol. The molecule has 5 rings (SSSR count). The quantitative estimate of drug-likeness (QED) is 0.724. The van der Waals surface area contributed by atoms with E-state index in [0.29, 0.717) is 24.3 Å². The molecule has 1 amide bonds. The molecule has 0 bridgehead atoms. The number of aromatic nitrogens is 2. The number of likely N-dealkylation sites (tertiary alicyclic amines) is 1. The third-order valence-corrected chi connectivity index (χ3v) is 6.69. The largest absolute Gasteiger partial charge is 0.385 e. The van der Waals surface area contributed by atoms with Crippen LogP contribution in [0.2, 0.25) is 0 Å². The number of hydrogen-bond donors (Lipinski definition) is 1. The number of nitrogens with zero attached hydrogens (tertiary/aromatic N) is 3. The van der Waals surface area contributed by atoms with Gasteiger partial charge in [0.1, 0.15) is 5.69 Å². The van der Waals surface area contributed by atoms with Crippen LogP contribution in [0.25, 0.3) is 11.0 Å². The van der Waals surface area contributed by atoms with E-state index in [1.165, 1.54) is 0 Å². The van der Waals surface area contributed by atoms with Crippen molar-refractivity contribution in [1.29, 1.82) is 0 Å². The molecule has 5 heteroatoms. The van der Waals surface area contributed by atoms with Crippen LogP contribution in [0, 0.1) is 5.92 Å². The molecule has 2 aromatic heterocycles. The van der Waals surface area contributed by atoms with E-state index < -0.39 is 5.60 Å². The minimum absolute atomic E-state index is 0.0384. The van der Waals surface area contributed by atoms with Crippen molar-refractivity contribution in [3.63, 3.8) is 0 Å². The first-order valence-corrected chi connectivity index (χ1v) is 10.5. The summed E-state index contributed by atoms with van der Waals surface area (Å²) in [6, 6.07) is 17.5. The Morgan fingerprint density at radius 3 is 2.72 bits per heavy atom. The summed E-state index contributed by atoms with van der Waals surface area (Å²) in [7, 11) is 0. The fraction of sp³-hybridized carbons (Fsp3) is 0.375. The summed E-state index contributed by atoms with van der Waals surface area (Å²) in [5.74, 6) is -0.000467. The molecule has 1 aromatic carbocycles. The Balaban J connectivity index is 1.47. The van der Waals surface area contributed by atoms with Crippen LogP contribution in [0.1, 0.15) is 48.2 Å². The van der Waals surface area contributed by atoms with E-state index in [1.807, 2.05) is 53.4 Å². The van der Waals surface area contributed by atoms with Crippen molar-refractivity contribution >= 4 is 16.9 Å². The maximum atomic E-state index is 13.4. The molecule has 1 saturated heterocycles. The van der Waals surface area contributed by atoms with Crippen molar-refractivity contribution < 1.29 is 9.90 Å². The van der Waals surface area contributed by atoms with Gasteiger partial charge in [0.05, 0.1) is 5.60 Å². The van der Waals surface area contributed by atoms with Crippen LogP contribution in [-0.4, -0.2) is 38.5 Å². The van der Waals surface area contributed by atoms with Gasteiger partial charge in [0.25, 0.3) is 5.91 Å². The lowest BCUT2D eigenvalue weighted by atomic mass is 9.66. The number of fused-ring (bicyclic) bond motifs is 2. The standard InChI is InChI=1S/C24H25N3O2/c28-23(20-13-12-17-7-6-15-25-22(17)26-20)27-16-14-24(29,18-8-2-1-3-9-18)19-10-4-5-11-21(19)27/h1-3,6-9,12-13,15,19,21,29H,4-5,10-11,14,16H2/t19-,21+,24-/m0/s1. The maximum absolute atomic E-state index is 13.4. The minimum atomic E-state index is -0.874. The normalized spacial score (nSPS) is 26.9. The topological polar surface area (TPSA) is 66.3 Å². The van der Waals surface area contributed by atoms with Gasteiger partial charge in [-0.3, -0.25) is 4.79 Å². The zero-order valence-corrected chi connectivity index (χ0v) is 16.4. The summed E-state index contributed by atoms with van der Waals surface area (Å²) in [4.78, 5) is 24.2. The summed E-state index contributed by atoms with van der Waals surface area (Å²) in [6.07, 6.45) is 6.29. The molecule has 0 spiro atoms. The van der Waals surface area contributed by atoms with Crippen molar-refractivity contribution in [2.24, 2.45) is 5.92 Å². The van der Waals surface area contributed by atoms with E-state index in [1.54, 1.807) is 12.3 Å². The number of piperidine rings is 1. The van der Waals surface area contributed by atoms with E-state index in [4.69, 9.17) is 0 Å². The zero-order chi connectivity index (χ0) is 19.8. The lowest BCUT2D eigenvalue weighted by Gasteiger charge is -2.52. The van der Waals surface area contributed by atoms with Gasteiger partial charge in [-0.15, -0.1) is 0 Å². The van der Waals surface area contributed by atoms with Gasteiger partial charge in [0, 0.05) is 30.1 Å². The Morgan fingerprint density at radius 1 is 1.03 bits per heavy atom. The van der Waals surface area contributed by atoms with Crippen LogP contribution in [0.4, 0.5) is 0 Å². The first-order valence-electron chi connectivity index (χ1n) is 10.5. The third kappa shape index (κ3) is 3.10. The number of carbonyl (C=O) groups is 1. The summed E-state index contributed by atoms with van der Waals surface area (Å²) in [5, 5.41) is 12.6. The second kappa shape index (κ2) is 7.23. The minimum Gasteiger partial charge on any atom is -0.385 e.